The van der Waals surface area contributed by atoms with Crippen LogP contribution in [0, 0.1) is 11.3 Å². The minimum atomic E-state index is 0.351. The number of hydrogen-bond donors (Lipinski definition) is 1. The van der Waals surface area contributed by atoms with Crippen molar-refractivity contribution in [3.8, 4) is 0 Å². The molecular weight excluding hydrogens is 232 g/mol. The Bertz CT molecular complexity index is 252. The fourth-order valence-electron chi connectivity index (χ4n) is 1.40. The van der Waals surface area contributed by atoms with Gasteiger partial charge in [0, 0.05) is 25.4 Å². The summed E-state index contributed by atoms with van der Waals surface area (Å²) in [5.41, 5.74) is 0.351. The third-order valence-electron chi connectivity index (χ3n) is 2.61. The molecule has 0 fully saturated rings. The molecule has 0 aliphatic carbocycles. The topological polar surface area (TPSA) is 33.6 Å². The van der Waals surface area contributed by atoms with E-state index in [1.807, 2.05) is 11.8 Å². The maximum Gasteiger partial charge on any atom is 0.156 e. The number of nitrogens with one attached hydrogen (secondary N) is 1. The molecule has 1 N–H and O–H groups in total. The van der Waals surface area contributed by atoms with Crippen LogP contribution in [0.5, 0.6) is 0 Å². The average molecular weight is 258 g/mol. The number of thioether (sulfide) groups is 1. The molecule has 17 heavy (non-hydrogen) atoms. The summed E-state index contributed by atoms with van der Waals surface area (Å²) in [6, 6.07) is 0. The minimum Gasteiger partial charge on any atom is -0.380 e. The Morgan fingerprint density at radius 3 is 2.76 bits per heavy atom. The Morgan fingerprint density at radius 2 is 2.18 bits per heavy atom. The quantitative estimate of drug-likeness (QED) is 0.744. The SMILES string of the molecule is CC(C)CCOCCNC1=NCC(C)(C)CS1. The molecule has 1 aliphatic rings. The number of aliphatic imine (C=N–C) groups is 1. The molecule has 0 spiro atoms. The smallest absolute Gasteiger partial charge is 0.156 e. The number of rotatable bonds is 6. The van der Waals surface area contributed by atoms with Gasteiger partial charge in [0.15, 0.2) is 5.17 Å². The van der Waals surface area contributed by atoms with E-state index in [9.17, 15) is 0 Å². The van der Waals surface area contributed by atoms with E-state index in [-0.39, 0.29) is 0 Å². The minimum absolute atomic E-state index is 0.351. The maximum atomic E-state index is 5.55. The Kier molecular flexibility index (Phi) is 6.34. The molecule has 0 amide bonds. The number of hydrogen-bond acceptors (Lipinski definition) is 4. The van der Waals surface area contributed by atoms with Crippen LogP contribution in [-0.4, -0.2) is 37.2 Å². The molecule has 0 aromatic rings. The molecule has 1 aliphatic heterocycles. The van der Waals surface area contributed by atoms with Crippen molar-refractivity contribution in [3.05, 3.63) is 0 Å². The van der Waals surface area contributed by atoms with Crippen molar-refractivity contribution >= 4 is 16.9 Å². The van der Waals surface area contributed by atoms with E-state index >= 15 is 0 Å². The molecule has 0 atom stereocenters. The second-order valence-electron chi connectivity index (χ2n) is 5.80. The zero-order valence-electron chi connectivity index (χ0n) is 11.6. The summed E-state index contributed by atoms with van der Waals surface area (Å²) in [7, 11) is 0. The molecule has 0 saturated carbocycles. The predicted molar refractivity (Wildman–Crippen MR) is 76.8 cm³/mol. The molecule has 4 heteroatoms. The predicted octanol–water partition coefficient (Wildman–Crippen LogP) is 2.77. The van der Waals surface area contributed by atoms with Crippen molar-refractivity contribution < 1.29 is 4.74 Å². The van der Waals surface area contributed by atoms with Gasteiger partial charge in [-0.25, -0.2) is 0 Å². The number of nitrogens with zero attached hydrogens (tertiary/aromatic N) is 1. The first-order chi connectivity index (χ1) is 7.99. The van der Waals surface area contributed by atoms with Gasteiger partial charge in [-0.1, -0.05) is 39.5 Å². The van der Waals surface area contributed by atoms with E-state index in [1.165, 1.54) is 0 Å². The van der Waals surface area contributed by atoms with Crippen LogP contribution in [0.25, 0.3) is 0 Å². The first-order valence-corrected chi connectivity index (χ1v) is 7.47. The Balaban J connectivity index is 2.02. The largest absolute Gasteiger partial charge is 0.380 e. The summed E-state index contributed by atoms with van der Waals surface area (Å²) in [6.45, 7) is 12.4. The zero-order valence-corrected chi connectivity index (χ0v) is 12.4. The Morgan fingerprint density at radius 1 is 1.41 bits per heavy atom. The van der Waals surface area contributed by atoms with Crippen molar-refractivity contribution in [1.82, 2.24) is 5.32 Å². The fraction of sp³-hybridized carbons (Fsp3) is 0.923. The van der Waals surface area contributed by atoms with E-state index in [4.69, 9.17) is 4.74 Å². The summed E-state index contributed by atoms with van der Waals surface area (Å²) in [5.74, 6) is 1.87. The second-order valence-corrected chi connectivity index (χ2v) is 6.76. The van der Waals surface area contributed by atoms with Gasteiger partial charge >= 0.3 is 0 Å². The lowest BCUT2D eigenvalue weighted by Crippen LogP contribution is -2.32. The third-order valence-corrected chi connectivity index (χ3v) is 4.09. The van der Waals surface area contributed by atoms with Crippen LogP contribution >= 0.6 is 11.8 Å². The summed E-state index contributed by atoms with van der Waals surface area (Å²) < 4.78 is 5.55. The molecule has 3 nitrogen and oxygen atoms in total. The van der Waals surface area contributed by atoms with E-state index in [0.29, 0.717) is 5.41 Å². The van der Waals surface area contributed by atoms with E-state index in [2.05, 4.69) is 38.0 Å². The van der Waals surface area contributed by atoms with Gasteiger partial charge in [0.2, 0.25) is 0 Å². The third kappa shape index (κ3) is 6.94. The number of ether oxygens (including phenoxy) is 1. The van der Waals surface area contributed by atoms with Gasteiger partial charge in [-0.2, -0.15) is 0 Å². The van der Waals surface area contributed by atoms with Gasteiger partial charge in [0.05, 0.1) is 6.61 Å². The van der Waals surface area contributed by atoms with Crippen LogP contribution in [0.15, 0.2) is 4.99 Å². The van der Waals surface area contributed by atoms with Crippen molar-refractivity contribution in [2.45, 2.75) is 34.1 Å². The van der Waals surface area contributed by atoms with Gasteiger partial charge in [-0.3, -0.25) is 4.99 Å². The van der Waals surface area contributed by atoms with Gasteiger partial charge in [-0.15, -0.1) is 0 Å². The molecule has 0 aromatic carbocycles. The van der Waals surface area contributed by atoms with Crippen LogP contribution in [0.1, 0.15) is 34.1 Å². The van der Waals surface area contributed by atoms with Crippen LogP contribution in [0.2, 0.25) is 0 Å². The first-order valence-electron chi connectivity index (χ1n) is 6.48. The van der Waals surface area contributed by atoms with Gasteiger partial charge in [0.1, 0.15) is 0 Å². The zero-order chi connectivity index (χ0) is 12.7. The van der Waals surface area contributed by atoms with Crippen LogP contribution in [-0.2, 0) is 4.74 Å². The lowest BCUT2D eigenvalue weighted by Gasteiger charge is -2.27. The molecule has 0 radical (unpaired) electrons. The van der Waals surface area contributed by atoms with E-state index < -0.39 is 0 Å². The van der Waals surface area contributed by atoms with E-state index in [0.717, 1.165) is 49.6 Å². The Labute approximate surface area is 110 Å². The molecule has 0 bridgehead atoms. The summed E-state index contributed by atoms with van der Waals surface area (Å²) in [6.07, 6.45) is 1.14. The monoisotopic (exact) mass is 258 g/mol. The lowest BCUT2D eigenvalue weighted by molar-refractivity contribution is 0.128. The van der Waals surface area contributed by atoms with Crippen molar-refractivity contribution in [2.24, 2.45) is 16.3 Å². The van der Waals surface area contributed by atoms with E-state index in [1.54, 1.807) is 0 Å². The molecule has 0 saturated heterocycles. The summed E-state index contributed by atoms with van der Waals surface area (Å²) >= 11 is 1.82. The molecule has 1 rings (SSSR count). The first kappa shape index (κ1) is 14.8. The van der Waals surface area contributed by atoms with Crippen LogP contribution in [0.3, 0.4) is 0 Å². The second kappa shape index (κ2) is 7.27. The Hall–Kier alpha value is -0.220. The molecule has 0 aromatic heterocycles. The molecule has 1 heterocycles. The van der Waals surface area contributed by atoms with Crippen LogP contribution in [0.4, 0.5) is 0 Å². The summed E-state index contributed by atoms with van der Waals surface area (Å²) in [4.78, 5) is 4.54. The molecule has 100 valence electrons. The summed E-state index contributed by atoms with van der Waals surface area (Å²) in [5, 5.41) is 4.42. The molecule has 0 unspecified atom stereocenters. The highest BCUT2D eigenvalue weighted by Gasteiger charge is 2.22. The highest BCUT2D eigenvalue weighted by molar-refractivity contribution is 8.13. The van der Waals surface area contributed by atoms with Gasteiger partial charge in [-0.05, 0) is 17.8 Å². The standard InChI is InChI=1S/C13H26N2OS/c1-11(2)5-7-16-8-6-14-12-15-9-13(3,4)10-17-12/h11H,5-10H2,1-4H3,(H,14,15). The molecular formula is C13H26N2OS. The van der Waals surface area contributed by atoms with Gasteiger partial charge < -0.3 is 10.1 Å². The van der Waals surface area contributed by atoms with Gasteiger partial charge in [0.25, 0.3) is 0 Å². The van der Waals surface area contributed by atoms with Crippen LogP contribution < -0.4 is 5.32 Å². The lowest BCUT2D eigenvalue weighted by atomic mass is 9.97. The van der Waals surface area contributed by atoms with Crippen molar-refractivity contribution in [2.75, 3.05) is 32.1 Å². The maximum absolute atomic E-state index is 5.55. The number of amidine groups is 1. The highest BCUT2D eigenvalue weighted by Crippen LogP contribution is 2.26. The normalized spacial score (nSPS) is 19.2. The fourth-order valence-corrected chi connectivity index (χ4v) is 2.38. The van der Waals surface area contributed by atoms with Crippen molar-refractivity contribution in [3.63, 3.8) is 0 Å². The van der Waals surface area contributed by atoms with Crippen molar-refractivity contribution in [1.29, 1.82) is 0 Å². The highest BCUT2D eigenvalue weighted by atomic mass is 32.2. The average Bonchev–Trinajstić information content (AvgIpc) is 2.25.